The fourth-order valence-corrected chi connectivity index (χ4v) is 3.58. The van der Waals surface area contributed by atoms with Crippen molar-refractivity contribution in [2.45, 2.75) is 18.0 Å². The number of nitrogens with zero attached hydrogens (tertiary/aromatic N) is 5. The third-order valence-electron chi connectivity index (χ3n) is 4.01. The summed E-state index contributed by atoms with van der Waals surface area (Å²) in [5.74, 6) is 1.47. The van der Waals surface area contributed by atoms with Gasteiger partial charge in [-0.05, 0) is 17.7 Å². The van der Waals surface area contributed by atoms with E-state index in [1.165, 1.54) is 13.4 Å². The van der Waals surface area contributed by atoms with Crippen LogP contribution in [0.2, 0.25) is 0 Å². The van der Waals surface area contributed by atoms with Crippen LogP contribution in [0.25, 0.3) is 0 Å². The highest BCUT2D eigenvalue weighted by Gasteiger charge is 2.14. The normalized spacial score (nSPS) is 12.2. The van der Waals surface area contributed by atoms with E-state index < -0.39 is 10.0 Å². The predicted octanol–water partition coefficient (Wildman–Crippen LogP) is -0.0528. The van der Waals surface area contributed by atoms with E-state index in [4.69, 9.17) is 4.74 Å². The highest BCUT2D eigenvalue weighted by molar-refractivity contribution is 7.89. The SMILES string of the molecule is CN=C(NCc1cccc(S(=O)(=O)NCCOC)c1)N(C)Cc1ncnn1C. The van der Waals surface area contributed by atoms with E-state index in [2.05, 4.69) is 25.1 Å². The second-order valence-electron chi connectivity index (χ2n) is 6.09. The van der Waals surface area contributed by atoms with Gasteiger partial charge in [-0.2, -0.15) is 5.10 Å². The average Bonchev–Trinajstić information content (AvgIpc) is 3.07. The molecular weight excluding hydrogens is 382 g/mol. The van der Waals surface area contributed by atoms with E-state index in [-0.39, 0.29) is 11.4 Å². The molecule has 0 amide bonds. The maximum Gasteiger partial charge on any atom is 0.240 e. The zero-order chi connectivity index (χ0) is 20.6. The van der Waals surface area contributed by atoms with Gasteiger partial charge < -0.3 is 15.0 Å². The lowest BCUT2D eigenvalue weighted by Crippen LogP contribution is -2.38. The predicted molar refractivity (Wildman–Crippen MR) is 106 cm³/mol. The molecule has 0 unspecified atom stereocenters. The Morgan fingerprint density at radius 1 is 1.39 bits per heavy atom. The van der Waals surface area contributed by atoms with Gasteiger partial charge in [0.05, 0.1) is 18.0 Å². The van der Waals surface area contributed by atoms with E-state index in [1.54, 1.807) is 29.9 Å². The lowest BCUT2D eigenvalue weighted by Gasteiger charge is -2.21. The fourth-order valence-electron chi connectivity index (χ4n) is 2.50. The monoisotopic (exact) mass is 409 g/mol. The molecule has 0 saturated heterocycles. The van der Waals surface area contributed by atoms with E-state index >= 15 is 0 Å². The number of aromatic nitrogens is 3. The molecule has 0 saturated carbocycles. The molecule has 0 aliphatic rings. The number of hydrogen-bond donors (Lipinski definition) is 2. The summed E-state index contributed by atoms with van der Waals surface area (Å²) in [6.45, 7) is 1.50. The Hall–Kier alpha value is -2.50. The number of methoxy groups -OCH3 is 1. The molecule has 10 nitrogen and oxygen atoms in total. The topological polar surface area (TPSA) is 114 Å². The Morgan fingerprint density at radius 2 is 2.18 bits per heavy atom. The van der Waals surface area contributed by atoms with Crippen molar-refractivity contribution in [2.24, 2.45) is 12.0 Å². The maximum atomic E-state index is 12.3. The van der Waals surface area contributed by atoms with E-state index in [9.17, 15) is 8.42 Å². The lowest BCUT2D eigenvalue weighted by atomic mass is 10.2. The van der Waals surface area contributed by atoms with Crippen LogP contribution < -0.4 is 10.0 Å². The van der Waals surface area contributed by atoms with Crippen LogP contribution in [0.5, 0.6) is 0 Å². The number of benzene rings is 1. The highest BCUT2D eigenvalue weighted by Crippen LogP contribution is 2.11. The van der Waals surface area contributed by atoms with Crippen LogP contribution in [-0.2, 0) is 34.9 Å². The minimum Gasteiger partial charge on any atom is -0.383 e. The smallest absolute Gasteiger partial charge is 0.240 e. The fraction of sp³-hybridized carbons (Fsp3) is 0.471. The zero-order valence-electron chi connectivity index (χ0n) is 16.6. The van der Waals surface area contributed by atoms with Crippen LogP contribution in [0.1, 0.15) is 11.4 Å². The van der Waals surface area contributed by atoms with Crippen LogP contribution in [0.4, 0.5) is 0 Å². The van der Waals surface area contributed by atoms with Crippen LogP contribution in [0.3, 0.4) is 0 Å². The van der Waals surface area contributed by atoms with Crippen molar-refractivity contribution in [1.82, 2.24) is 29.7 Å². The molecule has 0 aliphatic carbocycles. The van der Waals surface area contributed by atoms with Gasteiger partial charge >= 0.3 is 0 Å². The Kier molecular flexibility index (Phi) is 7.91. The zero-order valence-corrected chi connectivity index (χ0v) is 17.4. The summed E-state index contributed by atoms with van der Waals surface area (Å²) in [6, 6.07) is 6.77. The van der Waals surface area contributed by atoms with E-state index in [0.29, 0.717) is 25.7 Å². The standard InChI is InChI=1S/C17H27N7O3S/c1-18-17(23(2)12-16-20-13-21-24(16)3)19-11-14-6-5-7-15(10-14)28(25,26)22-8-9-27-4/h5-7,10,13,22H,8-9,11-12H2,1-4H3,(H,18,19). The summed E-state index contributed by atoms with van der Waals surface area (Å²) in [4.78, 5) is 10.6. The van der Waals surface area contributed by atoms with Gasteiger partial charge in [-0.25, -0.2) is 18.1 Å². The minimum atomic E-state index is -3.57. The molecule has 0 spiro atoms. The summed E-state index contributed by atoms with van der Waals surface area (Å²) >= 11 is 0. The van der Waals surface area contributed by atoms with Gasteiger partial charge in [0.25, 0.3) is 0 Å². The molecule has 154 valence electrons. The molecule has 2 N–H and O–H groups in total. The minimum absolute atomic E-state index is 0.213. The first-order valence-electron chi connectivity index (χ1n) is 8.69. The van der Waals surface area contributed by atoms with Gasteiger partial charge in [0.1, 0.15) is 12.2 Å². The number of hydrogen-bond acceptors (Lipinski definition) is 6. The van der Waals surface area contributed by atoms with Crippen molar-refractivity contribution < 1.29 is 13.2 Å². The Bertz CT molecular complexity index is 896. The first-order chi connectivity index (χ1) is 13.4. The molecule has 0 radical (unpaired) electrons. The number of sulfonamides is 1. The second-order valence-corrected chi connectivity index (χ2v) is 7.86. The van der Waals surface area contributed by atoms with Gasteiger partial charge in [0.2, 0.25) is 10.0 Å². The molecule has 0 atom stereocenters. The van der Waals surface area contributed by atoms with Crippen LogP contribution >= 0.6 is 0 Å². The molecule has 2 aromatic rings. The number of nitrogens with one attached hydrogen (secondary N) is 2. The summed E-state index contributed by atoms with van der Waals surface area (Å²) in [5.41, 5.74) is 0.822. The van der Waals surface area contributed by atoms with Crippen LogP contribution in [0.15, 0.2) is 40.5 Å². The lowest BCUT2D eigenvalue weighted by molar-refractivity contribution is 0.204. The van der Waals surface area contributed by atoms with Crippen molar-refractivity contribution in [2.75, 3.05) is 34.4 Å². The van der Waals surface area contributed by atoms with E-state index in [0.717, 1.165) is 11.4 Å². The van der Waals surface area contributed by atoms with Crippen molar-refractivity contribution in [1.29, 1.82) is 0 Å². The van der Waals surface area contributed by atoms with Crippen molar-refractivity contribution >= 4 is 16.0 Å². The van der Waals surface area contributed by atoms with Gasteiger partial charge in [0.15, 0.2) is 5.96 Å². The molecule has 0 bridgehead atoms. The number of aliphatic imine (C=N–C) groups is 1. The average molecular weight is 410 g/mol. The Labute approximate surface area is 165 Å². The van der Waals surface area contributed by atoms with Crippen molar-refractivity contribution in [3.63, 3.8) is 0 Å². The Balaban J connectivity index is 2.00. The van der Waals surface area contributed by atoms with Gasteiger partial charge in [0, 0.05) is 41.3 Å². The molecule has 0 fully saturated rings. The van der Waals surface area contributed by atoms with Crippen molar-refractivity contribution in [3.8, 4) is 0 Å². The summed E-state index contributed by atoms with van der Waals surface area (Å²) in [7, 11) is 3.37. The summed E-state index contributed by atoms with van der Waals surface area (Å²) in [5, 5.41) is 7.29. The first-order valence-corrected chi connectivity index (χ1v) is 10.2. The molecule has 1 heterocycles. The molecular formula is C17H27N7O3S. The first kappa shape index (κ1) is 21.8. The molecule has 1 aromatic heterocycles. The molecule has 1 aromatic carbocycles. The number of guanidine groups is 1. The molecule has 0 aliphatic heterocycles. The largest absolute Gasteiger partial charge is 0.383 e. The van der Waals surface area contributed by atoms with Crippen molar-refractivity contribution in [3.05, 3.63) is 42.0 Å². The summed E-state index contributed by atoms with van der Waals surface area (Å²) in [6.07, 6.45) is 1.51. The maximum absolute atomic E-state index is 12.3. The molecule has 11 heteroatoms. The highest BCUT2D eigenvalue weighted by atomic mass is 32.2. The van der Waals surface area contributed by atoms with E-state index in [1.807, 2.05) is 25.1 Å². The number of ether oxygens (including phenoxy) is 1. The van der Waals surface area contributed by atoms with Gasteiger partial charge in [-0.3, -0.25) is 9.67 Å². The summed E-state index contributed by atoms with van der Waals surface area (Å²) < 4.78 is 33.8. The third kappa shape index (κ3) is 6.01. The number of rotatable bonds is 9. The van der Waals surface area contributed by atoms with Crippen LogP contribution in [-0.4, -0.2) is 68.4 Å². The van der Waals surface area contributed by atoms with Gasteiger partial charge in [-0.1, -0.05) is 12.1 Å². The molecule has 2 rings (SSSR count). The van der Waals surface area contributed by atoms with Crippen LogP contribution in [0, 0.1) is 0 Å². The Morgan fingerprint density at radius 3 is 2.82 bits per heavy atom. The quantitative estimate of drug-likeness (QED) is 0.339. The number of aryl methyl sites for hydroxylation is 1. The third-order valence-corrected chi connectivity index (χ3v) is 5.47. The molecule has 28 heavy (non-hydrogen) atoms. The second kappa shape index (κ2) is 10.2. The van der Waals surface area contributed by atoms with Gasteiger partial charge in [-0.15, -0.1) is 0 Å².